The summed E-state index contributed by atoms with van der Waals surface area (Å²) in [5, 5.41) is 0. The van der Waals surface area contributed by atoms with Gasteiger partial charge in [-0.25, -0.2) is 0 Å². The average molecular weight is 253 g/mol. The summed E-state index contributed by atoms with van der Waals surface area (Å²) in [5.41, 5.74) is 3.94. The van der Waals surface area contributed by atoms with Crippen molar-refractivity contribution in [3.8, 4) is 5.75 Å². The molecule has 0 atom stereocenters. The lowest BCUT2D eigenvalue weighted by Gasteiger charge is -2.20. The van der Waals surface area contributed by atoms with Gasteiger partial charge in [0, 0.05) is 0 Å². The van der Waals surface area contributed by atoms with E-state index in [0.717, 1.165) is 28.3 Å². The number of benzene rings is 2. The van der Waals surface area contributed by atoms with Crippen LogP contribution in [0.2, 0.25) is 0 Å². The van der Waals surface area contributed by atoms with Crippen LogP contribution in [0.5, 0.6) is 5.75 Å². The molecular formula is C16H15NO2. The van der Waals surface area contributed by atoms with Gasteiger partial charge in [0.15, 0.2) is 0 Å². The number of carbonyl (C=O) groups is 1. The third-order valence-electron chi connectivity index (χ3n) is 3.40. The number of ether oxygens (including phenoxy) is 1. The van der Waals surface area contributed by atoms with Crippen LogP contribution >= 0.6 is 0 Å². The maximum Gasteiger partial charge on any atom is 0.236 e. The van der Waals surface area contributed by atoms with Crippen molar-refractivity contribution in [3.05, 3.63) is 53.6 Å². The number of nitrogens with zero attached hydrogens (tertiary/aromatic N) is 1. The number of carbonyl (C=O) groups excluding carboxylic acids is 1. The molecule has 3 nitrogen and oxygen atoms in total. The highest BCUT2D eigenvalue weighted by Crippen LogP contribution is 2.40. The zero-order valence-electron chi connectivity index (χ0n) is 11.0. The summed E-state index contributed by atoms with van der Waals surface area (Å²) in [7, 11) is 1.63. The Kier molecular flexibility index (Phi) is 2.75. The molecule has 0 radical (unpaired) electrons. The van der Waals surface area contributed by atoms with Crippen LogP contribution < -0.4 is 9.64 Å². The molecule has 0 fully saturated rings. The molecule has 0 N–H and O–H groups in total. The first-order valence-corrected chi connectivity index (χ1v) is 6.26. The van der Waals surface area contributed by atoms with Gasteiger partial charge >= 0.3 is 0 Å². The normalized spacial score (nSPS) is 13.6. The molecule has 0 unspecified atom stereocenters. The van der Waals surface area contributed by atoms with E-state index in [-0.39, 0.29) is 5.91 Å². The van der Waals surface area contributed by atoms with Crippen molar-refractivity contribution in [1.29, 1.82) is 0 Å². The standard InChI is InChI=1S/C16H15NO2/c1-11-7-8-15(19-2)14(9-11)17-13-6-4-3-5-12(13)10-16(17)18/h3-9H,10H2,1-2H3. The van der Waals surface area contributed by atoms with Gasteiger partial charge in [-0.2, -0.15) is 0 Å². The lowest BCUT2D eigenvalue weighted by atomic mass is 10.1. The van der Waals surface area contributed by atoms with E-state index >= 15 is 0 Å². The quantitative estimate of drug-likeness (QED) is 0.822. The Morgan fingerprint density at radius 2 is 1.89 bits per heavy atom. The number of para-hydroxylation sites is 1. The summed E-state index contributed by atoms with van der Waals surface area (Å²) < 4.78 is 5.38. The van der Waals surface area contributed by atoms with Gasteiger partial charge in [0.25, 0.3) is 0 Å². The summed E-state index contributed by atoms with van der Waals surface area (Å²) in [5.74, 6) is 0.806. The third kappa shape index (κ3) is 1.87. The molecule has 1 amide bonds. The predicted molar refractivity (Wildman–Crippen MR) is 75.0 cm³/mol. The van der Waals surface area contributed by atoms with Crippen LogP contribution in [-0.4, -0.2) is 13.0 Å². The van der Waals surface area contributed by atoms with E-state index in [1.807, 2.05) is 49.4 Å². The first kappa shape index (κ1) is 11.8. The van der Waals surface area contributed by atoms with Crippen LogP contribution in [0.25, 0.3) is 0 Å². The zero-order valence-corrected chi connectivity index (χ0v) is 11.0. The number of hydrogen-bond acceptors (Lipinski definition) is 2. The van der Waals surface area contributed by atoms with Crippen LogP contribution in [-0.2, 0) is 11.2 Å². The van der Waals surface area contributed by atoms with E-state index in [0.29, 0.717) is 6.42 Å². The summed E-state index contributed by atoms with van der Waals surface area (Å²) in [6.45, 7) is 2.01. The van der Waals surface area contributed by atoms with Gasteiger partial charge in [-0.3, -0.25) is 9.69 Å². The average Bonchev–Trinajstić information content (AvgIpc) is 2.74. The van der Waals surface area contributed by atoms with Crippen molar-refractivity contribution < 1.29 is 9.53 Å². The molecule has 0 spiro atoms. The minimum absolute atomic E-state index is 0.0881. The van der Waals surface area contributed by atoms with Gasteiger partial charge in [0.1, 0.15) is 5.75 Å². The molecule has 1 aliphatic heterocycles. The Morgan fingerprint density at radius 1 is 1.11 bits per heavy atom. The SMILES string of the molecule is COc1ccc(C)cc1N1C(=O)Cc2ccccc21. The highest BCUT2D eigenvalue weighted by atomic mass is 16.5. The molecule has 3 heteroatoms. The van der Waals surface area contributed by atoms with Crippen molar-refractivity contribution in [2.45, 2.75) is 13.3 Å². The van der Waals surface area contributed by atoms with E-state index in [1.165, 1.54) is 0 Å². The second kappa shape index (κ2) is 4.43. The van der Waals surface area contributed by atoms with Crippen molar-refractivity contribution in [2.75, 3.05) is 12.0 Å². The van der Waals surface area contributed by atoms with Gasteiger partial charge < -0.3 is 4.74 Å². The van der Waals surface area contributed by atoms with Crippen molar-refractivity contribution in [2.24, 2.45) is 0 Å². The Balaban J connectivity index is 2.17. The van der Waals surface area contributed by atoms with Crippen molar-refractivity contribution in [3.63, 3.8) is 0 Å². The Morgan fingerprint density at radius 3 is 2.68 bits per heavy atom. The number of hydrogen-bond donors (Lipinski definition) is 0. The van der Waals surface area contributed by atoms with Gasteiger partial charge in [-0.1, -0.05) is 24.3 Å². The highest BCUT2D eigenvalue weighted by molar-refractivity contribution is 6.08. The molecule has 1 aliphatic rings. The lowest BCUT2D eigenvalue weighted by molar-refractivity contribution is -0.116. The molecule has 19 heavy (non-hydrogen) atoms. The second-order valence-electron chi connectivity index (χ2n) is 4.71. The number of amides is 1. The number of methoxy groups -OCH3 is 1. The maximum atomic E-state index is 12.3. The molecule has 0 aromatic heterocycles. The summed E-state index contributed by atoms with van der Waals surface area (Å²) >= 11 is 0. The molecule has 3 rings (SSSR count). The fraction of sp³-hybridized carbons (Fsp3) is 0.188. The summed E-state index contributed by atoms with van der Waals surface area (Å²) in [4.78, 5) is 14.0. The first-order valence-electron chi connectivity index (χ1n) is 6.26. The minimum Gasteiger partial charge on any atom is -0.495 e. The zero-order chi connectivity index (χ0) is 13.4. The fourth-order valence-corrected chi connectivity index (χ4v) is 2.49. The molecule has 1 heterocycles. The molecule has 0 saturated carbocycles. The Hall–Kier alpha value is -2.29. The van der Waals surface area contributed by atoms with Crippen molar-refractivity contribution >= 4 is 17.3 Å². The van der Waals surface area contributed by atoms with E-state index < -0.39 is 0 Å². The fourth-order valence-electron chi connectivity index (χ4n) is 2.49. The largest absolute Gasteiger partial charge is 0.495 e. The van der Waals surface area contributed by atoms with E-state index in [2.05, 4.69) is 0 Å². The number of aryl methyl sites for hydroxylation is 1. The van der Waals surface area contributed by atoms with E-state index in [9.17, 15) is 4.79 Å². The number of anilines is 2. The van der Waals surface area contributed by atoms with Gasteiger partial charge in [0.2, 0.25) is 5.91 Å². The lowest BCUT2D eigenvalue weighted by Crippen LogP contribution is -2.21. The van der Waals surface area contributed by atoms with Crippen LogP contribution in [0.4, 0.5) is 11.4 Å². The number of fused-ring (bicyclic) bond motifs is 1. The first-order chi connectivity index (χ1) is 9.20. The predicted octanol–water partition coefficient (Wildman–Crippen LogP) is 3.22. The Bertz CT molecular complexity index is 649. The third-order valence-corrected chi connectivity index (χ3v) is 3.40. The molecule has 0 bridgehead atoms. The van der Waals surface area contributed by atoms with Gasteiger partial charge in [-0.15, -0.1) is 0 Å². The van der Waals surface area contributed by atoms with Crippen LogP contribution in [0.1, 0.15) is 11.1 Å². The number of rotatable bonds is 2. The molecule has 96 valence electrons. The Labute approximate surface area is 112 Å². The highest BCUT2D eigenvalue weighted by Gasteiger charge is 2.29. The van der Waals surface area contributed by atoms with Crippen LogP contribution in [0, 0.1) is 6.92 Å². The summed E-state index contributed by atoms with van der Waals surface area (Å²) in [6.07, 6.45) is 0.452. The van der Waals surface area contributed by atoms with Crippen molar-refractivity contribution in [1.82, 2.24) is 0 Å². The molecule has 0 aliphatic carbocycles. The van der Waals surface area contributed by atoms with Gasteiger partial charge in [-0.05, 0) is 36.2 Å². The minimum atomic E-state index is 0.0881. The summed E-state index contributed by atoms with van der Waals surface area (Å²) in [6, 6.07) is 13.7. The van der Waals surface area contributed by atoms with E-state index in [1.54, 1.807) is 12.0 Å². The van der Waals surface area contributed by atoms with Crippen LogP contribution in [0.15, 0.2) is 42.5 Å². The molecule has 0 saturated heterocycles. The second-order valence-corrected chi connectivity index (χ2v) is 4.71. The van der Waals surface area contributed by atoms with Crippen LogP contribution in [0.3, 0.4) is 0 Å². The monoisotopic (exact) mass is 253 g/mol. The smallest absolute Gasteiger partial charge is 0.236 e. The topological polar surface area (TPSA) is 29.5 Å². The van der Waals surface area contributed by atoms with Gasteiger partial charge in [0.05, 0.1) is 24.9 Å². The molecule has 2 aromatic carbocycles. The molecule has 2 aromatic rings. The van der Waals surface area contributed by atoms with E-state index in [4.69, 9.17) is 4.74 Å². The maximum absolute atomic E-state index is 12.3. The molecular weight excluding hydrogens is 238 g/mol.